The third kappa shape index (κ3) is 6.61. The highest BCUT2D eigenvalue weighted by Gasteiger charge is 2.04. The fourth-order valence-electron chi connectivity index (χ4n) is 1.89. The van der Waals surface area contributed by atoms with Crippen molar-refractivity contribution in [3.63, 3.8) is 0 Å². The van der Waals surface area contributed by atoms with Crippen LogP contribution in [0.3, 0.4) is 0 Å². The minimum atomic E-state index is -0.332. The van der Waals surface area contributed by atoms with E-state index in [-0.39, 0.29) is 31.4 Å². The van der Waals surface area contributed by atoms with Crippen LogP contribution in [0.25, 0.3) is 6.08 Å². The molecule has 0 radical (unpaired) electrons. The molecule has 23 heavy (non-hydrogen) atoms. The molecule has 0 atom stereocenters. The van der Waals surface area contributed by atoms with Gasteiger partial charge >= 0.3 is 5.97 Å². The zero-order valence-corrected chi connectivity index (χ0v) is 12.8. The summed E-state index contributed by atoms with van der Waals surface area (Å²) in [4.78, 5) is 23.2. The number of esters is 1. The Morgan fingerprint density at radius 1 is 0.957 bits per heavy atom. The first-order valence-electron chi connectivity index (χ1n) is 7.44. The molecule has 0 saturated carbocycles. The van der Waals surface area contributed by atoms with E-state index in [4.69, 9.17) is 4.74 Å². The highest BCUT2D eigenvalue weighted by molar-refractivity contribution is 5.91. The summed E-state index contributed by atoms with van der Waals surface area (Å²) in [7, 11) is 0. The van der Waals surface area contributed by atoms with E-state index in [0.29, 0.717) is 0 Å². The monoisotopic (exact) mass is 309 g/mol. The van der Waals surface area contributed by atoms with Crippen molar-refractivity contribution in [2.24, 2.45) is 0 Å². The van der Waals surface area contributed by atoms with Gasteiger partial charge in [-0.05, 0) is 17.2 Å². The van der Waals surface area contributed by atoms with Crippen molar-refractivity contribution >= 4 is 18.0 Å². The van der Waals surface area contributed by atoms with Gasteiger partial charge in [0.25, 0.3) is 0 Å². The molecule has 1 amide bonds. The molecule has 4 nitrogen and oxygen atoms in total. The molecule has 0 aliphatic rings. The minimum absolute atomic E-state index is 0.151. The van der Waals surface area contributed by atoms with Crippen LogP contribution in [-0.2, 0) is 20.9 Å². The Morgan fingerprint density at radius 2 is 1.61 bits per heavy atom. The van der Waals surface area contributed by atoms with Crippen LogP contribution in [0.15, 0.2) is 66.7 Å². The average Bonchev–Trinajstić information content (AvgIpc) is 2.60. The summed E-state index contributed by atoms with van der Waals surface area (Å²) in [6.07, 6.45) is 3.32. The molecule has 0 unspecified atom stereocenters. The number of nitrogens with one attached hydrogen (secondary N) is 1. The Kier molecular flexibility index (Phi) is 6.60. The quantitative estimate of drug-likeness (QED) is 0.632. The fourth-order valence-corrected chi connectivity index (χ4v) is 1.89. The van der Waals surface area contributed by atoms with Crippen molar-refractivity contribution in [3.05, 3.63) is 77.9 Å². The topological polar surface area (TPSA) is 55.4 Å². The van der Waals surface area contributed by atoms with Crippen LogP contribution in [-0.4, -0.2) is 18.4 Å². The third-order valence-corrected chi connectivity index (χ3v) is 3.10. The smallest absolute Gasteiger partial charge is 0.307 e. The molecular formula is C19H19NO3. The molecule has 118 valence electrons. The van der Waals surface area contributed by atoms with Gasteiger partial charge in [0.2, 0.25) is 5.91 Å². The lowest BCUT2D eigenvalue weighted by Gasteiger charge is -2.05. The number of benzene rings is 2. The van der Waals surface area contributed by atoms with Crippen molar-refractivity contribution in [2.45, 2.75) is 13.0 Å². The van der Waals surface area contributed by atoms with Gasteiger partial charge in [0, 0.05) is 12.6 Å². The highest BCUT2D eigenvalue weighted by Crippen LogP contribution is 2.02. The third-order valence-electron chi connectivity index (χ3n) is 3.10. The molecule has 0 aliphatic heterocycles. The molecule has 2 aromatic carbocycles. The van der Waals surface area contributed by atoms with E-state index in [1.54, 1.807) is 6.08 Å². The van der Waals surface area contributed by atoms with Crippen molar-refractivity contribution in [1.29, 1.82) is 0 Å². The maximum atomic E-state index is 11.6. The molecular weight excluding hydrogens is 290 g/mol. The first kappa shape index (κ1) is 16.5. The second-order valence-electron chi connectivity index (χ2n) is 4.93. The van der Waals surface area contributed by atoms with E-state index in [0.717, 1.165) is 11.1 Å². The molecule has 4 heteroatoms. The number of ether oxygens (including phenoxy) is 1. The number of amides is 1. The van der Waals surface area contributed by atoms with E-state index < -0.39 is 0 Å². The maximum Gasteiger partial charge on any atom is 0.307 e. The van der Waals surface area contributed by atoms with Crippen LogP contribution in [0.1, 0.15) is 17.5 Å². The molecule has 2 aromatic rings. The molecule has 0 aliphatic carbocycles. The van der Waals surface area contributed by atoms with Gasteiger partial charge in [0.15, 0.2) is 0 Å². The van der Waals surface area contributed by atoms with Crippen molar-refractivity contribution in [2.75, 3.05) is 6.54 Å². The first-order valence-corrected chi connectivity index (χ1v) is 7.44. The highest BCUT2D eigenvalue weighted by atomic mass is 16.5. The summed E-state index contributed by atoms with van der Waals surface area (Å²) >= 11 is 0. The van der Waals surface area contributed by atoms with Crippen LogP contribution in [0.4, 0.5) is 0 Å². The lowest BCUT2D eigenvalue weighted by Crippen LogP contribution is -2.24. The zero-order valence-electron chi connectivity index (χ0n) is 12.8. The molecule has 0 bridgehead atoms. The predicted octanol–water partition coefficient (Wildman–Crippen LogP) is 2.95. The Labute approximate surface area is 135 Å². The fraction of sp³-hybridized carbons (Fsp3) is 0.158. The van der Waals surface area contributed by atoms with Gasteiger partial charge in [-0.2, -0.15) is 0 Å². The van der Waals surface area contributed by atoms with Gasteiger partial charge in [-0.15, -0.1) is 0 Å². The average molecular weight is 309 g/mol. The minimum Gasteiger partial charge on any atom is -0.461 e. The Bertz CT molecular complexity index is 651. The Balaban J connectivity index is 1.63. The van der Waals surface area contributed by atoms with E-state index in [9.17, 15) is 9.59 Å². The zero-order chi connectivity index (χ0) is 16.3. The number of hydrogen-bond acceptors (Lipinski definition) is 3. The Hall–Kier alpha value is -2.88. The lowest BCUT2D eigenvalue weighted by atomic mass is 10.2. The second kappa shape index (κ2) is 9.20. The van der Waals surface area contributed by atoms with E-state index >= 15 is 0 Å². The van der Waals surface area contributed by atoms with Crippen molar-refractivity contribution in [1.82, 2.24) is 5.32 Å². The van der Waals surface area contributed by atoms with Crippen molar-refractivity contribution < 1.29 is 14.3 Å². The van der Waals surface area contributed by atoms with E-state index in [2.05, 4.69) is 5.32 Å². The number of carbonyl (C=O) groups is 2. The van der Waals surface area contributed by atoms with Crippen LogP contribution in [0.2, 0.25) is 0 Å². The number of rotatable bonds is 7. The summed E-state index contributed by atoms with van der Waals surface area (Å²) in [5.41, 5.74) is 1.89. The van der Waals surface area contributed by atoms with Gasteiger partial charge in [0.05, 0.1) is 6.42 Å². The van der Waals surface area contributed by atoms with Crippen molar-refractivity contribution in [3.8, 4) is 0 Å². The predicted molar refractivity (Wildman–Crippen MR) is 89.3 cm³/mol. The molecule has 0 aromatic heterocycles. The van der Waals surface area contributed by atoms with Crippen LogP contribution in [0.5, 0.6) is 0 Å². The van der Waals surface area contributed by atoms with Gasteiger partial charge in [-0.1, -0.05) is 60.7 Å². The molecule has 2 rings (SSSR count). The van der Waals surface area contributed by atoms with Gasteiger partial charge in [-0.3, -0.25) is 9.59 Å². The molecule has 0 spiro atoms. The first-order chi connectivity index (χ1) is 11.2. The summed E-state index contributed by atoms with van der Waals surface area (Å²) in [5, 5.41) is 2.66. The molecule has 1 N–H and O–H groups in total. The maximum absolute atomic E-state index is 11.6. The normalized spacial score (nSPS) is 10.4. The van der Waals surface area contributed by atoms with Crippen LogP contribution in [0, 0.1) is 0 Å². The number of carbonyl (C=O) groups excluding carboxylic acids is 2. The van der Waals surface area contributed by atoms with Crippen LogP contribution >= 0.6 is 0 Å². The summed E-state index contributed by atoms with van der Waals surface area (Å²) in [6.45, 7) is 0.507. The van der Waals surface area contributed by atoms with E-state index in [1.165, 1.54) is 6.08 Å². The summed E-state index contributed by atoms with van der Waals surface area (Å²) in [5.74, 6) is -0.564. The second-order valence-corrected chi connectivity index (χ2v) is 4.93. The van der Waals surface area contributed by atoms with E-state index in [1.807, 2.05) is 60.7 Å². The Morgan fingerprint density at radius 3 is 2.30 bits per heavy atom. The SMILES string of the molecule is O=C(/C=C/c1ccccc1)NCCC(=O)OCc1ccccc1. The van der Waals surface area contributed by atoms with Gasteiger partial charge in [-0.25, -0.2) is 0 Å². The summed E-state index contributed by atoms with van der Waals surface area (Å²) < 4.78 is 5.13. The van der Waals surface area contributed by atoms with Gasteiger partial charge < -0.3 is 10.1 Å². The van der Waals surface area contributed by atoms with Gasteiger partial charge in [0.1, 0.15) is 6.61 Å². The molecule has 0 heterocycles. The number of hydrogen-bond donors (Lipinski definition) is 1. The molecule has 0 saturated heterocycles. The largest absolute Gasteiger partial charge is 0.461 e. The standard InChI is InChI=1S/C19H19NO3/c21-18(12-11-16-7-3-1-4-8-16)20-14-13-19(22)23-15-17-9-5-2-6-10-17/h1-12H,13-15H2,(H,20,21)/b12-11+. The lowest BCUT2D eigenvalue weighted by molar-refractivity contribution is -0.144. The summed E-state index contributed by atoms with van der Waals surface area (Å²) in [6, 6.07) is 19.0. The molecule has 0 fully saturated rings. The van der Waals surface area contributed by atoms with Crippen LogP contribution < -0.4 is 5.32 Å².